The molecule has 1 heterocycles. The maximum absolute atomic E-state index is 10.6. The Labute approximate surface area is 97.1 Å². The van der Waals surface area contributed by atoms with Crippen LogP contribution in [0.2, 0.25) is 0 Å². The molecule has 0 aliphatic heterocycles. The minimum absolute atomic E-state index is 0.181. The molecule has 1 rings (SSSR count). The van der Waals surface area contributed by atoms with E-state index >= 15 is 0 Å². The highest BCUT2D eigenvalue weighted by molar-refractivity contribution is 6.17. The summed E-state index contributed by atoms with van der Waals surface area (Å²) in [6, 6.07) is 2.99. The second-order valence-corrected chi connectivity index (χ2v) is 3.26. The summed E-state index contributed by atoms with van der Waals surface area (Å²) in [7, 11) is 0. The average Bonchev–Trinajstić information content (AvgIpc) is 2.29. The molecule has 82 valence electrons. The topological polar surface area (TPSA) is 79.8 Å². The van der Waals surface area contributed by atoms with E-state index in [1.807, 2.05) is 0 Å². The summed E-state index contributed by atoms with van der Waals surface area (Å²) in [5.41, 5.74) is 0.117. The zero-order chi connectivity index (χ0) is 12.0. The molecule has 0 atom stereocenters. The van der Waals surface area contributed by atoms with Crippen LogP contribution in [0, 0.1) is 21.4 Å². The number of alkyl halides is 1. The highest BCUT2D eigenvalue weighted by atomic mass is 35.5. The first kappa shape index (κ1) is 12.1. The van der Waals surface area contributed by atoms with Crippen LogP contribution in [0.3, 0.4) is 0 Å². The standard InChI is InChI=1S/C10H8ClN3O2/c11-4-2-1-3-8-5-10(14(15)16)9(6-12)13-7-8/h1,3,5,7H,2,4H2. The maximum Gasteiger partial charge on any atom is 0.306 e. The van der Waals surface area contributed by atoms with E-state index in [1.165, 1.54) is 12.3 Å². The van der Waals surface area contributed by atoms with Crippen molar-refractivity contribution in [2.75, 3.05) is 5.88 Å². The van der Waals surface area contributed by atoms with Crippen LogP contribution in [-0.4, -0.2) is 15.8 Å². The fourth-order valence-corrected chi connectivity index (χ4v) is 1.19. The Bertz CT molecular complexity index is 466. The monoisotopic (exact) mass is 237 g/mol. The van der Waals surface area contributed by atoms with E-state index in [0.29, 0.717) is 17.9 Å². The Morgan fingerprint density at radius 3 is 3.00 bits per heavy atom. The van der Waals surface area contributed by atoms with E-state index in [1.54, 1.807) is 18.2 Å². The maximum atomic E-state index is 10.6. The van der Waals surface area contributed by atoms with Gasteiger partial charge in [-0.3, -0.25) is 10.1 Å². The van der Waals surface area contributed by atoms with Crippen molar-refractivity contribution in [2.45, 2.75) is 6.42 Å². The van der Waals surface area contributed by atoms with Gasteiger partial charge in [-0.2, -0.15) is 5.26 Å². The Morgan fingerprint density at radius 2 is 2.44 bits per heavy atom. The van der Waals surface area contributed by atoms with Gasteiger partial charge in [-0.25, -0.2) is 4.98 Å². The third kappa shape index (κ3) is 3.04. The summed E-state index contributed by atoms with van der Waals surface area (Å²) >= 11 is 5.48. The lowest BCUT2D eigenvalue weighted by atomic mass is 10.2. The number of pyridine rings is 1. The third-order valence-corrected chi connectivity index (χ3v) is 2.00. The number of hydrogen-bond acceptors (Lipinski definition) is 4. The first-order valence-corrected chi connectivity index (χ1v) is 4.99. The fourth-order valence-electron chi connectivity index (χ4n) is 1.07. The molecule has 1 aromatic rings. The first-order valence-electron chi connectivity index (χ1n) is 4.46. The molecule has 16 heavy (non-hydrogen) atoms. The quantitative estimate of drug-likeness (QED) is 0.458. The van der Waals surface area contributed by atoms with Gasteiger partial charge < -0.3 is 0 Å². The normalized spacial score (nSPS) is 10.2. The van der Waals surface area contributed by atoms with Gasteiger partial charge in [0.25, 0.3) is 0 Å². The summed E-state index contributed by atoms with van der Waals surface area (Å²) in [6.07, 6.45) is 5.56. The zero-order valence-electron chi connectivity index (χ0n) is 8.26. The SMILES string of the molecule is N#Cc1ncc(C=CCCCl)cc1[N+](=O)[O-]. The Kier molecular flexibility index (Phi) is 4.42. The lowest BCUT2D eigenvalue weighted by Gasteiger charge is -1.96. The fraction of sp³-hybridized carbons (Fsp3) is 0.200. The molecule has 0 aliphatic carbocycles. The summed E-state index contributed by atoms with van der Waals surface area (Å²) in [4.78, 5) is 13.7. The predicted octanol–water partition coefficient (Wildman–Crippen LogP) is 2.50. The van der Waals surface area contributed by atoms with Crippen molar-refractivity contribution in [3.8, 4) is 6.07 Å². The van der Waals surface area contributed by atoms with Crippen LogP contribution in [0.1, 0.15) is 17.7 Å². The number of nitrogens with zero attached hydrogens (tertiary/aromatic N) is 3. The van der Waals surface area contributed by atoms with E-state index in [4.69, 9.17) is 16.9 Å². The molecule has 0 unspecified atom stereocenters. The van der Waals surface area contributed by atoms with Gasteiger partial charge in [0, 0.05) is 18.1 Å². The minimum Gasteiger partial charge on any atom is -0.258 e. The summed E-state index contributed by atoms with van der Waals surface area (Å²) in [5, 5.41) is 19.3. The summed E-state index contributed by atoms with van der Waals surface area (Å²) in [6.45, 7) is 0. The van der Waals surface area contributed by atoms with E-state index in [0.717, 1.165) is 0 Å². The molecular weight excluding hydrogens is 230 g/mol. The van der Waals surface area contributed by atoms with Gasteiger partial charge in [0.2, 0.25) is 5.69 Å². The molecule has 0 N–H and O–H groups in total. The first-order chi connectivity index (χ1) is 7.69. The van der Waals surface area contributed by atoms with Crippen molar-refractivity contribution < 1.29 is 4.92 Å². The molecule has 0 aliphatic rings. The molecule has 0 aromatic carbocycles. The van der Waals surface area contributed by atoms with Crippen LogP contribution < -0.4 is 0 Å². The van der Waals surface area contributed by atoms with E-state index < -0.39 is 4.92 Å². The van der Waals surface area contributed by atoms with Gasteiger partial charge >= 0.3 is 5.69 Å². The second-order valence-electron chi connectivity index (χ2n) is 2.89. The van der Waals surface area contributed by atoms with Gasteiger partial charge in [-0.15, -0.1) is 11.6 Å². The van der Waals surface area contributed by atoms with E-state index in [-0.39, 0.29) is 11.4 Å². The van der Waals surface area contributed by atoms with Gasteiger partial charge in [0.1, 0.15) is 6.07 Å². The van der Waals surface area contributed by atoms with Crippen molar-refractivity contribution in [3.05, 3.63) is 39.7 Å². The van der Waals surface area contributed by atoms with E-state index in [2.05, 4.69) is 4.98 Å². The lowest BCUT2D eigenvalue weighted by Crippen LogP contribution is -1.95. The van der Waals surface area contributed by atoms with Crippen molar-refractivity contribution in [2.24, 2.45) is 0 Å². The van der Waals surface area contributed by atoms with Crippen molar-refractivity contribution in [3.63, 3.8) is 0 Å². The number of aromatic nitrogens is 1. The smallest absolute Gasteiger partial charge is 0.258 e. The van der Waals surface area contributed by atoms with Gasteiger partial charge in [-0.1, -0.05) is 12.2 Å². The molecule has 1 aromatic heterocycles. The molecule has 6 heteroatoms. The number of halogens is 1. The van der Waals surface area contributed by atoms with Gasteiger partial charge in [-0.05, 0) is 12.0 Å². The molecule has 0 radical (unpaired) electrons. The Hall–Kier alpha value is -1.93. The number of nitriles is 1. The number of rotatable bonds is 4. The molecule has 0 amide bonds. The number of nitro groups is 1. The molecule has 0 fully saturated rings. The highest BCUT2D eigenvalue weighted by Crippen LogP contribution is 2.17. The molecule has 0 saturated heterocycles. The van der Waals surface area contributed by atoms with Crippen molar-refractivity contribution in [1.29, 1.82) is 5.26 Å². The van der Waals surface area contributed by atoms with Crippen molar-refractivity contribution >= 4 is 23.4 Å². The molecular formula is C10H8ClN3O2. The van der Waals surface area contributed by atoms with Gasteiger partial charge in [0.15, 0.2) is 0 Å². The van der Waals surface area contributed by atoms with Crippen LogP contribution in [0.15, 0.2) is 18.3 Å². The Morgan fingerprint density at radius 1 is 1.69 bits per heavy atom. The van der Waals surface area contributed by atoms with Crippen LogP contribution in [0.25, 0.3) is 6.08 Å². The van der Waals surface area contributed by atoms with Crippen LogP contribution in [-0.2, 0) is 0 Å². The minimum atomic E-state index is -0.621. The number of allylic oxidation sites excluding steroid dienone is 1. The Balaban J connectivity index is 3.04. The van der Waals surface area contributed by atoms with Crippen LogP contribution >= 0.6 is 11.6 Å². The second kappa shape index (κ2) is 5.83. The average molecular weight is 238 g/mol. The highest BCUT2D eigenvalue weighted by Gasteiger charge is 2.14. The third-order valence-electron chi connectivity index (χ3n) is 1.78. The van der Waals surface area contributed by atoms with Crippen molar-refractivity contribution in [1.82, 2.24) is 4.98 Å². The largest absolute Gasteiger partial charge is 0.306 e. The summed E-state index contributed by atoms with van der Waals surface area (Å²) in [5.74, 6) is 0.488. The summed E-state index contributed by atoms with van der Waals surface area (Å²) < 4.78 is 0. The molecule has 0 bridgehead atoms. The molecule has 5 nitrogen and oxygen atoms in total. The van der Waals surface area contributed by atoms with Crippen LogP contribution in [0.5, 0.6) is 0 Å². The molecule has 0 spiro atoms. The zero-order valence-corrected chi connectivity index (χ0v) is 9.02. The lowest BCUT2D eigenvalue weighted by molar-refractivity contribution is -0.385. The van der Waals surface area contributed by atoms with Gasteiger partial charge in [0.05, 0.1) is 4.92 Å². The number of hydrogen-bond donors (Lipinski definition) is 0. The predicted molar refractivity (Wildman–Crippen MR) is 60.0 cm³/mol. The van der Waals surface area contributed by atoms with E-state index in [9.17, 15) is 10.1 Å². The van der Waals surface area contributed by atoms with Crippen LogP contribution in [0.4, 0.5) is 5.69 Å². The molecule has 0 saturated carbocycles.